The summed E-state index contributed by atoms with van der Waals surface area (Å²) in [6.07, 6.45) is 3.61. The smallest absolute Gasteiger partial charge is 0.251 e. The van der Waals surface area contributed by atoms with E-state index >= 15 is 0 Å². The molecule has 0 aliphatic carbocycles. The number of morpholine rings is 1. The molecular formula is C23H24ClN5O4. The minimum Gasteiger partial charge on any atom is -0.454 e. The van der Waals surface area contributed by atoms with Gasteiger partial charge in [-0.3, -0.25) is 9.69 Å². The highest BCUT2D eigenvalue weighted by Gasteiger charge is 2.13. The summed E-state index contributed by atoms with van der Waals surface area (Å²) in [4.78, 5) is 19.3. The van der Waals surface area contributed by atoms with Gasteiger partial charge in [-0.05, 0) is 36.4 Å². The highest BCUT2D eigenvalue weighted by Crippen LogP contribution is 2.22. The summed E-state index contributed by atoms with van der Waals surface area (Å²) in [5.41, 5.74) is 2.56. The normalized spacial score (nSPS) is 15.0. The lowest BCUT2D eigenvalue weighted by Gasteiger charge is -2.26. The van der Waals surface area contributed by atoms with Crippen LogP contribution >= 0.6 is 12.4 Å². The van der Waals surface area contributed by atoms with E-state index in [1.54, 1.807) is 30.6 Å². The zero-order valence-corrected chi connectivity index (χ0v) is 18.6. The van der Waals surface area contributed by atoms with Crippen molar-refractivity contribution in [3.63, 3.8) is 0 Å². The number of hydrogen-bond acceptors (Lipinski definition) is 7. The van der Waals surface area contributed by atoms with Crippen LogP contribution in [0.5, 0.6) is 0 Å². The first-order valence-corrected chi connectivity index (χ1v) is 10.5. The number of carbonyl (C=O) groups excluding carboxylic acids is 1. The molecule has 9 nitrogen and oxygen atoms in total. The fourth-order valence-electron chi connectivity index (χ4n) is 3.84. The van der Waals surface area contributed by atoms with Crippen molar-refractivity contribution in [3.05, 3.63) is 65.9 Å². The maximum atomic E-state index is 12.6. The van der Waals surface area contributed by atoms with Crippen molar-refractivity contribution in [1.29, 1.82) is 0 Å². The largest absolute Gasteiger partial charge is 0.454 e. The third kappa shape index (κ3) is 4.85. The van der Waals surface area contributed by atoms with Gasteiger partial charge in [-0.25, -0.2) is 4.98 Å². The van der Waals surface area contributed by atoms with Crippen molar-refractivity contribution in [2.45, 2.75) is 0 Å². The van der Waals surface area contributed by atoms with Crippen LogP contribution < -0.4 is 10.7 Å². The van der Waals surface area contributed by atoms with E-state index < -0.39 is 0 Å². The van der Waals surface area contributed by atoms with Gasteiger partial charge in [-0.1, -0.05) is 5.16 Å². The van der Waals surface area contributed by atoms with Crippen molar-refractivity contribution >= 4 is 34.8 Å². The average molecular weight is 470 g/mol. The van der Waals surface area contributed by atoms with Crippen LogP contribution in [0.4, 0.5) is 0 Å². The van der Waals surface area contributed by atoms with E-state index in [9.17, 15) is 10.0 Å². The first kappa shape index (κ1) is 22.8. The molecule has 1 aliphatic heterocycles. The van der Waals surface area contributed by atoms with E-state index in [1.807, 2.05) is 28.8 Å². The summed E-state index contributed by atoms with van der Waals surface area (Å²) in [6, 6.07) is 12.5. The maximum absolute atomic E-state index is 12.6. The Kier molecular flexibility index (Phi) is 6.93. The summed E-state index contributed by atoms with van der Waals surface area (Å²) in [5, 5.41) is 16.8. The predicted octanol–water partition coefficient (Wildman–Crippen LogP) is 2.52. The van der Waals surface area contributed by atoms with Crippen molar-refractivity contribution in [2.75, 3.05) is 39.4 Å². The van der Waals surface area contributed by atoms with Gasteiger partial charge in [0.1, 0.15) is 16.6 Å². The van der Waals surface area contributed by atoms with E-state index in [-0.39, 0.29) is 18.3 Å². The molecule has 0 atom stereocenters. The second kappa shape index (κ2) is 10.0. The summed E-state index contributed by atoms with van der Waals surface area (Å²) >= 11 is 0. The van der Waals surface area contributed by atoms with Crippen LogP contribution in [-0.2, 0) is 4.74 Å². The number of amides is 1. The first-order chi connectivity index (χ1) is 15.7. The number of rotatable bonds is 5. The predicted molar refractivity (Wildman–Crippen MR) is 125 cm³/mol. The molecule has 3 aromatic heterocycles. The minimum atomic E-state index is -0.187. The van der Waals surface area contributed by atoms with Crippen LogP contribution in [0.3, 0.4) is 0 Å². The van der Waals surface area contributed by atoms with Crippen LogP contribution in [0.15, 0.2) is 64.6 Å². The van der Waals surface area contributed by atoms with E-state index in [2.05, 4.69) is 20.4 Å². The Labute approximate surface area is 195 Å². The number of halogens is 1. The Hall–Kier alpha value is -3.40. The van der Waals surface area contributed by atoms with Gasteiger partial charge in [-0.15, -0.1) is 12.4 Å². The van der Waals surface area contributed by atoms with Gasteiger partial charge in [0.15, 0.2) is 5.76 Å². The molecule has 4 aromatic rings. The molecule has 5 rings (SSSR count). The lowest BCUT2D eigenvalue weighted by Crippen LogP contribution is -2.41. The zero-order chi connectivity index (χ0) is 21.9. The summed E-state index contributed by atoms with van der Waals surface area (Å²) in [6.45, 7) is 4.54. The molecule has 1 amide bonds. The Bertz CT molecular complexity index is 1340. The van der Waals surface area contributed by atoms with Crippen LogP contribution in [0, 0.1) is 0 Å². The number of fused-ring (bicyclic) bond motifs is 2. The van der Waals surface area contributed by atoms with Gasteiger partial charge in [-0.2, -0.15) is 0 Å². The topological polar surface area (TPSA) is 105 Å². The maximum Gasteiger partial charge on any atom is 0.251 e. The molecular weight excluding hydrogens is 446 g/mol. The molecule has 0 unspecified atom stereocenters. The first-order valence-electron chi connectivity index (χ1n) is 10.5. The van der Waals surface area contributed by atoms with E-state index in [0.717, 1.165) is 38.4 Å². The summed E-state index contributed by atoms with van der Waals surface area (Å²) in [7, 11) is 0. The summed E-state index contributed by atoms with van der Waals surface area (Å²) < 4.78 is 13.3. The lowest BCUT2D eigenvalue weighted by molar-refractivity contribution is 0.0383. The van der Waals surface area contributed by atoms with Crippen LogP contribution in [0.25, 0.3) is 27.9 Å². The number of hydrogen-bond donors (Lipinski definition) is 2. The Balaban J connectivity index is 0.00000259. The lowest BCUT2D eigenvalue weighted by atomic mass is 10.1. The Morgan fingerprint density at radius 1 is 1.18 bits per heavy atom. The molecule has 0 bridgehead atoms. The van der Waals surface area contributed by atoms with E-state index in [1.165, 1.54) is 0 Å². The molecule has 33 heavy (non-hydrogen) atoms. The van der Waals surface area contributed by atoms with Gasteiger partial charge in [0.05, 0.1) is 19.5 Å². The van der Waals surface area contributed by atoms with Crippen LogP contribution in [-0.4, -0.2) is 64.8 Å². The second-order valence-corrected chi connectivity index (χ2v) is 7.63. The fraction of sp³-hybridized carbons (Fsp3) is 0.261. The molecule has 1 fully saturated rings. The van der Waals surface area contributed by atoms with E-state index in [0.29, 0.717) is 39.9 Å². The average Bonchev–Trinajstić information content (AvgIpc) is 3.31. The van der Waals surface area contributed by atoms with Crippen molar-refractivity contribution in [1.82, 2.24) is 19.6 Å². The molecule has 1 saturated heterocycles. The third-order valence-corrected chi connectivity index (χ3v) is 5.60. The molecule has 2 N–H and O–H groups in total. The molecule has 172 valence electrons. The molecule has 0 spiro atoms. The van der Waals surface area contributed by atoms with Crippen molar-refractivity contribution < 1.29 is 19.2 Å². The number of nitrogens with zero attached hydrogens (tertiary/aromatic N) is 4. The monoisotopic (exact) mass is 469 g/mol. The number of nitrogens with one attached hydrogen (secondary N) is 1. The second-order valence-electron chi connectivity index (χ2n) is 7.63. The molecule has 1 aliphatic rings. The van der Waals surface area contributed by atoms with Crippen molar-refractivity contribution in [3.8, 4) is 11.5 Å². The number of aromatic nitrogens is 2. The molecule has 0 saturated carbocycles. The van der Waals surface area contributed by atoms with Crippen LogP contribution in [0.1, 0.15) is 10.4 Å². The molecule has 0 radical (unpaired) electrons. The fourth-order valence-corrected chi connectivity index (χ4v) is 3.84. The van der Waals surface area contributed by atoms with Gasteiger partial charge in [0.25, 0.3) is 5.91 Å². The van der Waals surface area contributed by atoms with E-state index in [4.69, 9.17) is 9.15 Å². The van der Waals surface area contributed by atoms with Gasteiger partial charge >= 0.3 is 0 Å². The third-order valence-electron chi connectivity index (χ3n) is 5.60. The Morgan fingerprint density at radius 3 is 2.85 bits per heavy atom. The van der Waals surface area contributed by atoms with Crippen molar-refractivity contribution in [2.24, 2.45) is 5.16 Å². The number of carbonyl (C=O) groups is 1. The number of ether oxygens (including phenoxy) is 1. The minimum absolute atomic E-state index is 0. The molecule has 1 aromatic carbocycles. The summed E-state index contributed by atoms with van der Waals surface area (Å²) in [5.74, 6) is 0.283. The SMILES string of the molecule is Cl.O=C(NCCN1CCOCC1)c1ccc2oc(-c3cc4cccn4cn3)c/c(=N/O)c2c1. The van der Waals surface area contributed by atoms with Gasteiger partial charge < -0.3 is 24.1 Å². The Morgan fingerprint density at radius 2 is 2.03 bits per heavy atom. The zero-order valence-electron chi connectivity index (χ0n) is 17.8. The highest BCUT2D eigenvalue weighted by molar-refractivity contribution is 5.97. The van der Waals surface area contributed by atoms with Gasteiger partial charge in [0.2, 0.25) is 0 Å². The standard InChI is InChI=1S/C23H23N5O4.ClH/c29-23(24-5-7-27-8-10-31-11-9-27)16-3-4-21-18(12-16)19(26-30)14-22(32-21)20-13-17-2-1-6-28(17)15-25-20;/h1-4,6,12-15,30H,5,7-11H2,(H,24,29);1H/b26-19-;. The molecule has 4 heterocycles. The van der Waals surface area contributed by atoms with Gasteiger partial charge in [0, 0.05) is 54.9 Å². The number of benzene rings is 1. The molecule has 10 heteroatoms. The highest BCUT2D eigenvalue weighted by atomic mass is 35.5. The van der Waals surface area contributed by atoms with Crippen LogP contribution in [0.2, 0.25) is 0 Å². The quantitative estimate of drug-likeness (QED) is 0.344.